The first-order valence-corrected chi connectivity index (χ1v) is 6.43. The van der Waals surface area contributed by atoms with Gasteiger partial charge in [0, 0.05) is 11.3 Å². The van der Waals surface area contributed by atoms with Crippen LogP contribution in [0.2, 0.25) is 0 Å². The van der Waals surface area contributed by atoms with Crippen LogP contribution in [0.4, 0.5) is 0 Å². The minimum Gasteiger partial charge on any atom is -0.330 e. The molecule has 1 saturated heterocycles. The molecule has 0 saturated carbocycles. The van der Waals surface area contributed by atoms with Gasteiger partial charge in [0.15, 0.2) is 0 Å². The lowest BCUT2D eigenvalue weighted by atomic mass is 10.0. The zero-order valence-corrected chi connectivity index (χ0v) is 9.20. The summed E-state index contributed by atoms with van der Waals surface area (Å²) in [5.74, 6) is 0.701. The van der Waals surface area contributed by atoms with Crippen LogP contribution in [0.5, 0.6) is 0 Å². The second-order valence-corrected chi connectivity index (χ2v) is 5.24. The Hall–Kier alpha value is 0.620. The van der Waals surface area contributed by atoms with Crippen LogP contribution in [0.25, 0.3) is 0 Å². The predicted octanol–water partition coefficient (Wildman–Crippen LogP) is 1.28. The van der Waals surface area contributed by atoms with Crippen molar-refractivity contribution in [3.63, 3.8) is 0 Å². The monoisotopic (exact) mass is 206 g/mol. The zero-order valence-electron chi connectivity index (χ0n) is 7.49. The molecular weight excluding hydrogens is 188 g/mol. The third-order valence-corrected chi connectivity index (χ3v) is 4.07. The Bertz CT molecular complexity index is 132. The third kappa shape index (κ3) is 3.17. The fourth-order valence-corrected chi connectivity index (χ4v) is 2.28. The van der Waals surface area contributed by atoms with Crippen LogP contribution >= 0.6 is 22.5 Å². The molecule has 1 heterocycles. The van der Waals surface area contributed by atoms with Crippen molar-refractivity contribution < 1.29 is 0 Å². The third-order valence-electron chi connectivity index (χ3n) is 2.44. The van der Waals surface area contributed by atoms with Crippen molar-refractivity contribution in [1.82, 2.24) is 5.32 Å². The smallest absolute Gasteiger partial charge is 0.0135 e. The van der Waals surface area contributed by atoms with Gasteiger partial charge in [0.1, 0.15) is 0 Å². The van der Waals surface area contributed by atoms with Gasteiger partial charge in [0.05, 0.1) is 0 Å². The van der Waals surface area contributed by atoms with E-state index < -0.39 is 0 Å². The molecule has 1 rings (SSSR count). The molecule has 0 aromatic heterocycles. The highest BCUT2D eigenvalue weighted by Gasteiger charge is 2.23. The minimum atomic E-state index is 0.641. The molecule has 0 radical (unpaired) electrons. The molecule has 72 valence electrons. The first-order valence-electron chi connectivity index (χ1n) is 4.50. The van der Waals surface area contributed by atoms with E-state index in [0.29, 0.717) is 17.2 Å². The summed E-state index contributed by atoms with van der Waals surface area (Å²) < 4.78 is 0. The summed E-state index contributed by atoms with van der Waals surface area (Å²) in [7, 11) is 1.64. The summed E-state index contributed by atoms with van der Waals surface area (Å²) in [6.45, 7) is 4.14. The van der Waals surface area contributed by atoms with E-state index >= 15 is 0 Å². The molecule has 0 aliphatic carbocycles. The van der Waals surface area contributed by atoms with Crippen LogP contribution in [0, 0.1) is 5.92 Å². The molecule has 12 heavy (non-hydrogen) atoms. The van der Waals surface area contributed by atoms with Gasteiger partial charge >= 0.3 is 0 Å². The maximum absolute atomic E-state index is 5.60. The highest BCUT2D eigenvalue weighted by atomic mass is 33.1. The Morgan fingerprint density at radius 1 is 1.75 bits per heavy atom. The second kappa shape index (κ2) is 5.37. The van der Waals surface area contributed by atoms with Crippen molar-refractivity contribution in [2.75, 3.05) is 13.1 Å². The average Bonchev–Trinajstić information content (AvgIpc) is 2.52. The molecule has 0 aromatic carbocycles. The first kappa shape index (κ1) is 10.7. The van der Waals surface area contributed by atoms with Crippen LogP contribution in [-0.4, -0.2) is 24.4 Å². The molecule has 1 fully saturated rings. The fraction of sp³-hybridized carbons (Fsp3) is 1.00. The van der Waals surface area contributed by atoms with Gasteiger partial charge in [0.2, 0.25) is 0 Å². The highest BCUT2D eigenvalue weighted by Crippen LogP contribution is 2.23. The topological polar surface area (TPSA) is 38.0 Å². The molecule has 2 nitrogen and oxygen atoms in total. The molecular formula is C8H18N2S2. The maximum Gasteiger partial charge on any atom is 0.0135 e. The van der Waals surface area contributed by atoms with E-state index in [9.17, 15) is 0 Å². The Morgan fingerprint density at radius 3 is 3.00 bits per heavy atom. The van der Waals surface area contributed by atoms with Crippen molar-refractivity contribution in [3.05, 3.63) is 0 Å². The Labute approximate surface area is 83.9 Å². The van der Waals surface area contributed by atoms with E-state index in [0.717, 1.165) is 13.1 Å². The van der Waals surface area contributed by atoms with Gasteiger partial charge in [-0.2, -0.15) is 0 Å². The fourth-order valence-electron chi connectivity index (χ4n) is 1.71. The molecule has 0 spiro atoms. The van der Waals surface area contributed by atoms with Gasteiger partial charge < -0.3 is 11.1 Å². The molecule has 4 heteroatoms. The van der Waals surface area contributed by atoms with Gasteiger partial charge in [-0.1, -0.05) is 17.7 Å². The number of rotatable bonds is 4. The van der Waals surface area contributed by atoms with Crippen LogP contribution < -0.4 is 11.1 Å². The van der Waals surface area contributed by atoms with Gasteiger partial charge in [-0.05, 0) is 31.8 Å². The molecule has 0 aromatic rings. The standard InChI is InChI=1S/C8H18N2S2/c1-6(12-11)2-8-3-7(4-9)5-10-8/h6-8,10-11H,2-5,9H2,1H3/t6?,7-,8+/m0/s1. The average molecular weight is 206 g/mol. The Kier molecular flexibility index (Phi) is 4.79. The normalized spacial score (nSPS) is 32.2. The lowest BCUT2D eigenvalue weighted by molar-refractivity contribution is 0.532. The van der Waals surface area contributed by atoms with Gasteiger partial charge in [0.25, 0.3) is 0 Å². The number of hydrogen-bond donors (Lipinski definition) is 3. The SMILES string of the molecule is CC(C[C@@H]1C[C@@H](CN)CN1)SS. The highest BCUT2D eigenvalue weighted by molar-refractivity contribution is 8.68. The number of thiol groups is 1. The maximum atomic E-state index is 5.60. The molecule has 3 atom stereocenters. The van der Waals surface area contributed by atoms with Crippen molar-refractivity contribution in [3.8, 4) is 0 Å². The summed E-state index contributed by atoms with van der Waals surface area (Å²) in [6, 6.07) is 0.674. The van der Waals surface area contributed by atoms with Crippen molar-refractivity contribution in [2.24, 2.45) is 11.7 Å². The van der Waals surface area contributed by atoms with Gasteiger partial charge in [-0.3, -0.25) is 0 Å². The van der Waals surface area contributed by atoms with E-state index in [1.165, 1.54) is 12.8 Å². The number of hydrogen-bond acceptors (Lipinski definition) is 4. The summed E-state index contributed by atoms with van der Waals surface area (Å²) in [5, 5.41) is 4.14. The van der Waals surface area contributed by atoms with E-state index in [4.69, 9.17) is 5.73 Å². The Balaban J connectivity index is 2.18. The molecule has 0 amide bonds. The summed E-state index contributed by atoms with van der Waals surface area (Å²) in [4.78, 5) is 0. The summed E-state index contributed by atoms with van der Waals surface area (Å²) >= 11 is 4.20. The number of nitrogens with two attached hydrogens (primary N) is 1. The molecule has 1 aliphatic rings. The first-order chi connectivity index (χ1) is 5.76. The lowest BCUT2D eigenvalue weighted by Gasteiger charge is -2.13. The molecule has 0 bridgehead atoms. The quantitative estimate of drug-likeness (QED) is 0.479. The minimum absolute atomic E-state index is 0.641. The lowest BCUT2D eigenvalue weighted by Crippen LogP contribution is -2.24. The largest absolute Gasteiger partial charge is 0.330 e. The molecule has 1 aliphatic heterocycles. The summed E-state index contributed by atoms with van der Waals surface area (Å²) in [6.07, 6.45) is 2.46. The predicted molar refractivity (Wildman–Crippen MR) is 59.6 cm³/mol. The summed E-state index contributed by atoms with van der Waals surface area (Å²) in [5.41, 5.74) is 5.60. The van der Waals surface area contributed by atoms with Crippen LogP contribution in [0.1, 0.15) is 19.8 Å². The van der Waals surface area contributed by atoms with Crippen molar-refractivity contribution in [2.45, 2.75) is 31.1 Å². The van der Waals surface area contributed by atoms with Crippen LogP contribution in [0.15, 0.2) is 0 Å². The van der Waals surface area contributed by atoms with E-state index in [-0.39, 0.29) is 0 Å². The van der Waals surface area contributed by atoms with Gasteiger partial charge in [-0.15, -0.1) is 11.7 Å². The van der Waals surface area contributed by atoms with Crippen molar-refractivity contribution in [1.29, 1.82) is 0 Å². The van der Waals surface area contributed by atoms with E-state index in [1.54, 1.807) is 10.8 Å². The van der Waals surface area contributed by atoms with Crippen LogP contribution in [0.3, 0.4) is 0 Å². The second-order valence-electron chi connectivity index (χ2n) is 3.59. The van der Waals surface area contributed by atoms with E-state index in [1.807, 2.05) is 0 Å². The zero-order chi connectivity index (χ0) is 8.97. The molecule has 1 unspecified atom stereocenters. The van der Waals surface area contributed by atoms with Crippen molar-refractivity contribution >= 4 is 22.5 Å². The Morgan fingerprint density at radius 2 is 2.50 bits per heavy atom. The van der Waals surface area contributed by atoms with E-state index in [2.05, 4.69) is 23.9 Å². The molecule has 3 N–H and O–H groups in total. The van der Waals surface area contributed by atoms with Gasteiger partial charge in [-0.25, -0.2) is 0 Å². The van der Waals surface area contributed by atoms with Crippen LogP contribution in [-0.2, 0) is 0 Å². The number of nitrogens with one attached hydrogen (secondary N) is 1.